The summed E-state index contributed by atoms with van der Waals surface area (Å²) in [6.07, 6.45) is 0. The minimum absolute atomic E-state index is 0.143. The molecule has 1 unspecified atom stereocenters. The fraction of sp³-hybridized carbons (Fsp3) is 0.125. The molecule has 4 nitrogen and oxygen atoms in total. The molecule has 21 heavy (non-hydrogen) atoms. The lowest BCUT2D eigenvalue weighted by Gasteiger charge is -2.03. The van der Waals surface area contributed by atoms with E-state index in [-0.39, 0.29) is 11.7 Å². The topological polar surface area (TPSA) is 59.2 Å². The molecule has 0 bridgehead atoms. The highest BCUT2D eigenvalue weighted by atomic mass is 32.2. The van der Waals surface area contributed by atoms with E-state index in [0.717, 1.165) is 11.3 Å². The number of aromatic hydroxyl groups is 1. The summed E-state index contributed by atoms with van der Waals surface area (Å²) < 4.78 is 5.44. The van der Waals surface area contributed by atoms with Gasteiger partial charge in [-0.15, -0.1) is 11.8 Å². The standard InChI is InChI=1S/C16H12N2O2S/c19-11-5-3-4-10(8-11)15-17-16(20-18-15)13-9-21-14-7-2-1-6-12(13)14/h1-8,13,19H,9H2. The molecule has 0 fully saturated rings. The maximum atomic E-state index is 9.53. The molecule has 1 atom stereocenters. The van der Waals surface area contributed by atoms with Crippen molar-refractivity contribution < 1.29 is 9.63 Å². The van der Waals surface area contributed by atoms with E-state index < -0.39 is 0 Å². The SMILES string of the molecule is Oc1cccc(-c2noc(C3CSc4ccccc43)n2)c1. The summed E-state index contributed by atoms with van der Waals surface area (Å²) >= 11 is 1.81. The molecule has 2 heterocycles. The molecule has 0 saturated carbocycles. The van der Waals surface area contributed by atoms with Gasteiger partial charge in [0.1, 0.15) is 5.75 Å². The first-order chi connectivity index (χ1) is 10.3. The van der Waals surface area contributed by atoms with Crippen LogP contribution in [0.5, 0.6) is 5.75 Å². The van der Waals surface area contributed by atoms with E-state index in [1.54, 1.807) is 18.2 Å². The fourth-order valence-corrected chi connectivity index (χ4v) is 3.73. The first-order valence-corrected chi connectivity index (χ1v) is 7.64. The Balaban J connectivity index is 1.70. The number of hydrogen-bond acceptors (Lipinski definition) is 5. The zero-order chi connectivity index (χ0) is 14.2. The zero-order valence-corrected chi connectivity index (χ0v) is 11.9. The van der Waals surface area contributed by atoms with Gasteiger partial charge >= 0.3 is 0 Å². The fourth-order valence-electron chi connectivity index (χ4n) is 2.51. The van der Waals surface area contributed by atoms with E-state index >= 15 is 0 Å². The molecule has 0 aliphatic carbocycles. The smallest absolute Gasteiger partial charge is 0.235 e. The summed E-state index contributed by atoms with van der Waals surface area (Å²) in [5.41, 5.74) is 2.00. The minimum Gasteiger partial charge on any atom is -0.508 e. The number of phenolic OH excluding ortho intramolecular Hbond substituents is 1. The number of hydrogen-bond donors (Lipinski definition) is 1. The third-order valence-electron chi connectivity index (χ3n) is 3.54. The Bertz CT molecular complexity index is 800. The second-order valence-electron chi connectivity index (χ2n) is 4.91. The van der Waals surface area contributed by atoms with Gasteiger partial charge in [0, 0.05) is 16.2 Å². The van der Waals surface area contributed by atoms with E-state index in [4.69, 9.17) is 4.52 Å². The van der Waals surface area contributed by atoms with Crippen LogP contribution in [0.4, 0.5) is 0 Å². The Morgan fingerprint density at radius 3 is 2.95 bits per heavy atom. The van der Waals surface area contributed by atoms with Crippen molar-refractivity contribution in [1.29, 1.82) is 0 Å². The maximum Gasteiger partial charge on any atom is 0.235 e. The third kappa shape index (κ3) is 2.19. The van der Waals surface area contributed by atoms with Crippen LogP contribution in [0.25, 0.3) is 11.4 Å². The van der Waals surface area contributed by atoms with E-state index in [1.807, 2.05) is 30.0 Å². The predicted octanol–water partition coefficient (Wildman–Crippen LogP) is 3.68. The highest BCUT2D eigenvalue weighted by molar-refractivity contribution is 7.99. The summed E-state index contributed by atoms with van der Waals surface area (Å²) in [6, 6.07) is 15.2. The van der Waals surface area contributed by atoms with Crippen LogP contribution >= 0.6 is 11.8 Å². The second-order valence-corrected chi connectivity index (χ2v) is 5.97. The molecular formula is C16H12N2O2S. The molecule has 104 valence electrons. The van der Waals surface area contributed by atoms with Gasteiger partial charge in [-0.25, -0.2) is 0 Å². The van der Waals surface area contributed by atoms with Crippen LogP contribution in [-0.2, 0) is 0 Å². The highest BCUT2D eigenvalue weighted by Gasteiger charge is 2.29. The zero-order valence-electron chi connectivity index (χ0n) is 11.1. The highest BCUT2D eigenvalue weighted by Crippen LogP contribution is 2.42. The van der Waals surface area contributed by atoms with Crippen molar-refractivity contribution in [1.82, 2.24) is 10.1 Å². The lowest BCUT2D eigenvalue weighted by Crippen LogP contribution is -1.99. The first-order valence-electron chi connectivity index (χ1n) is 6.66. The van der Waals surface area contributed by atoms with Crippen molar-refractivity contribution in [2.75, 3.05) is 5.75 Å². The van der Waals surface area contributed by atoms with Crippen molar-refractivity contribution in [2.45, 2.75) is 10.8 Å². The lowest BCUT2D eigenvalue weighted by molar-refractivity contribution is 0.372. The molecule has 0 amide bonds. The first kappa shape index (κ1) is 12.5. The molecule has 1 aliphatic rings. The summed E-state index contributed by atoms with van der Waals surface area (Å²) in [6.45, 7) is 0. The summed E-state index contributed by atoms with van der Waals surface area (Å²) in [7, 11) is 0. The summed E-state index contributed by atoms with van der Waals surface area (Å²) in [5, 5.41) is 13.6. The summed E-state index contributed by atoms with van der Waals surface area (Å²) in [4.78, 5) is 5.78. The minimum atomic E-state index is 0.143. The van der Waals surface area contributed by atoms with Crippen LogP contribution in [0.3, 0.4) is 0 Å². The number of nitrogens with zero attached hydrogens (tertiary/aromatic N) is 2. The van der Waals surface area contributed by atoms with Gasteiger partial charge in [-0.05, 0) is 23.8 Å². The van der Waals surface area contributed by atoms with Crippen molar-refractivity contribution in [3.63, 3.8) is 0 Å². The molecule has 3 aromatic rings. The molecule has 4 rings (SSSR count). The van der Waals surface area contributed by atoms with Crippen LogP contribution in [0.15, 0.2) is 57.9 Å². The molecule has 1 aliphatic heterocycles. The van der Waals surface area contributed by atoms with E-state index in [9.17, 15) is 5.11 Å². The Hall–Kier alpha value is -2.27. The summed E-state index contributed by atoms with van der Waals surface area (Å²) in [5.74, 6) is 2.40. The van der Waals surface area contributed by atoms with Gasteiger partial charge in [-0.1, -0.05) is 35.5 Å². The molecule has 2 aromatic carbocycles. The van der Waals surface area contributed by atoms with Crippen LogP contribution in [0.2, 0.25) is 0 Å². The second kappa shape index (κ2) is 4.93. The van der Waals surface area contributed by atoms with Crippen molar-refractivity contribution >= 4 is 11.8 Å². The Morgan fingerprint density at radius 2 is 2.05 bits per heavy atom. The molecule has 0 saturated heterocycles. The van der Waals surface area contributed by atoms with E-state index in [0.29, 0.717) is 11.7 Å². The number of aromatic nitrogens is 2. The van der Waals surface area contributed by atoms with Crippen LogP contribution in [0, 0.1) is 0 Å². The lowest BCUT2D eigenvalue weighted by atomic mass is 10.0. The Morgan fingerprint density at radius 1 is 1.14 bits per heavy atom. The molecule has 5 heteroatoms. The monoisotopic (exact) mass is 296 g/mol. The van der Waals surface area contributed by atoms with Gasteiger partial charge < -0.3 is 9.63 Å². The molecule has 0 spiro atoms. The van der Waals surface area contributed by atoms with Crippen LogP contribution < -0.4 is 0 Å². The van der Waals surface area contributed by atoms with E-state index in [2.05, 4.69) is 22.3 Å². The van der Waals surface area contributed by atoms with Gasteiger partial charge in [-0.3, -0.25) is 0 Å². The van der Waals surface area contributed by atoms with Gasteiger partial charge in [0.2, 0.25) is 11.7 Å². The number of rotatable bonds is 2. The van der Waals surface area contributed by atoms with Gasteiger partial charge in [0.25, 0.3) is 0 Å². The Kier molecular flexibility index (Phi) is 2.93. The average Bonchev–Trinajstić information content (AvgIpc) is 3.14. The largest absolute Gasteiger partial charge is 0.508 e. The van der Waals surface area contributed by atoms with E-state index in [1.165, 1.54) is 10.5 Å². The third-order valence-corrected chi connectivity index (χ3v) is 4.73. The molecule has 1 N–H and O–H groups in total. The van der Waals surface area contributed by atoms with Gasteiger partial charge in [0.15, 0.2) is 0 Å². The van der Waals surface area contributed by atoms with Gasteiger partial charge in [-0.2, -0.15) is 4.98 Å². The van der Waals surface area contributed by atoms with Gasteiger partial charge in [0.05, 0.1) is 5.92 Å². The number of thioether (sulfide) groups is 1. The quantitative estimate of drug-likeness (QED) is 0.781. The molecule has 1 aromatic heterocycles. The number of fused-ring (bicyclic) bond motifs is 1. The normalized spacial score (nSPS) is 16.9. The molecule has 0 radical (unpaired) electrons. The van der Waals surface area contributed by atoms with Crippen LogP contribution in [0.1, 0.15) is 17.4 Å². The average molecular weight is 296 g/mol. The number of phenols is 1. The molecular weight excluding hydrogens is 284 g/mol. The van der Waals surface area contributed by atoms with Crippen molar-refractivity contribution in [2.24, 2.45) is 0 Å². The van der Waals surface area contributed by atoms with Crippen molar-refractivity contribution in [3.05, 3.63) is 60.0 Å². The number of benzene rings is 2. The van der Waals surface area contributed by atoms with Crippen molar-refractivity contribution in [3.8, 4) is 17.1 Å². The predicted molar refractivity (Wildman–Crippen MR) is 80.4 cm³/mol. The van der Waals surface area contributed by atoms with Crippen LogP contribution in [-0.4, -0.2) is 21.0 Å². The Labute approximate surface area is 125 Å². The maximum absolute atomic E-state index is 9.53.